The molecular weight excluding hydrogens is 464 g/mol. The number of nitrogens with zero attached hydrogens (tertiary/aromatic N) is 4. The molecule has 4 aromatic carbocycles. The van der Waals surface area contributed by atoms with Crippen molar-refractivity contribution in [3.8, 4) is 0 Å². The third-order valence-corrected chi connectivity index (χ3v) is 8.17. The van der Waals surface area contributed by atoms with Crippen molar-refractivity contribution in [3.05, 3.63) is 119 Å². The summed E-state index contributed by atoms with van der Waals surface area (Å²) in [7, 11) is 0. The smallest absolute Gasteiger partial charge is 0.142 e. The highest BCUT2D eigenvalue weighted by Gasteiger charge is 2.47. The van der Waals surface area contributed by atoms with Crippen LogP contribution in [0.1, 0.15) is 22.3 Å². The molecule has 0 aliphatic carbocycles. The van der Waals surface area contributed by atoms with Crippen molar-refractivity contribution in [3.63, 3.8) is 0 Å². The van der Waals surface area contributed by atoms with E-state index in [-0.39, 0.29) is 12.3 Å². The van der Waals surface area contributed by atoms with E-state index in [1.807, 2.05) is 0 Å². The summed E-state index contributed by atoms with van der Waals surface area (Å²) in [5.74, 6) is 0. The van der Waals surface area contributed by atoms with Crippen molar-refractivity contribution >= 4 is 22.7 Å². The minimum absolute atomic E-state index is 0.144. The fraction of sp³-hybridized carbons (Fsp3) is 0.294. The second-order valence-corrected chi connectivity index (χ2v) is 10.9. The van der Waals surface area contributed by atoms with Gasteiger partial charge in [-0.15, -0.1) is 0 Å². The predicted octanol–water partition coefficient (Wildman–Crippen LogP) is 6.93. The Balaban J connectivity index is 1.49. The third-order valence-electron chi connectivity index (χ3n) is 8.17. The molecule has 0 unspecified atom stereocenters. The molecule has 194 valence electrons. The van der Waals surface area contributed by atoms with Gasteiger partial charge < -0.3 is 19.6 Å². The lowest BCUT2D eigenvalue weighted by Gasteiger charge is -2.44. The van der Waals surface area contributed by atoms with E-state index < -0.39 is 0 Å². The molecular formula is C34H38N4. The molecule has 2 fully saturated rings. The van der Waals surface area contributed by atoms with Crippen LogP contribution in [0.15, 0.2) is 97.1 Å². The van der Waals surface area contributed by atoms with Gasteiger partial charge in [0.25, 0.3) is 0 Å². The van der Waals surface area contributed by atoms with Crippen LogP contribution in [0.4, 0.5) is 22.7 Å². The van der Waals surface area contributed by atoms with Crippen molar-refractivity contribution in [2.45, 2.75) is 40.0 Å². The van der Waals surface area contributed by atoms with Gasteiger partial charge in [0, 0.05) is 48.9 Å². The van der Waals surface area contributed by atoms with Gasteiger partial charge in [0.2, 0.25) is 0 Å². The predicted molar refractivity (Wildman–Crippen MR) is 162 cm³/mol. The van der Waals surface area contributed by atoms with Crippen molar-refractivity contribution in [2.24, 2.45) is 0 Å². The summed E-state index contributed by atoms with van der Waals surface area (Å²) in [5, 5.41) is 0. The van der Waals surface area contributed by atoms with Gasteiger partial charge in [0.15, 0.2) is 0 Å². The Bertz CT molecular complexity index is 1140. The highest BCUT2D eigenvalue weighted by atomic mass is 15.5. The Hall–Kier alpha value is -3.92. The SMILES string of the molecule is Cc1ccc(N2CCN(c3ccc(C)cc3)C2C2N(c3ccc(C)cc3)CCN2c2ccc(C)cc2)cc1. The first-order valence-electron chi connectivity index (χ1n) is 13.8. The zero-order chi connectivity index (χ0) is 26.2. The first kappa shape index (κ1) is 24.4. The number of benzene rings is 4. The summed E-state index contributed by atoms with van der Waals surface area (Å²) >= 11 is 0. The maximum Gasteiger partial charge on any atom is 0.142 e. The largest absolute Gasteiger partial charge is 0.346 e. The van der Waals surface area contributed by atoms with Gasteiger partial charge >= 0.3 is 0 Å². The lowest BCUT2D eigenvalue weighted by Crippen LogP contribution is -2.59. The van der Waals surface area contributed by atoms with Crippen molar-refractivity contribution in [1.82, 2.24) is 0 Å². The summed E-state index contributed by atoms with van der Waals surface area (Å²) in [6.45, 7) is 12.6. The van der Waals surface area contributed by atoms with E-state index in [4.69, 9.17) is 0 Å². The lowest BCUT2D eigenvalue weighted by molar-refractivity contribution is 0.524. The molecule has 0 radical (unpaired) electrons. The first-order valence-corrected chi connectivity index (χ1v) is 13.8. The molecule has 4 heteroatoms. The van der Waals surface area contributed by atoms with E-state index in [2.05, 4.69) is 144 Å². The van der Waals surface area contributed by atoms with Crippen LogP contribution in [-0.4, -0.2) is 38.5 Å². The van der Waals surface area contributed by atoms with Crippen LogP contribution in [0.25, 0.3) is 0 Å². The summed E-state index contributed by atoms with van der Waals surface area (Å²) in [6, 6.07) is 36.3. The normalized spacial score (nSPS) is 16.6. The topological polar surface area (TPSA) is 13.0 Å². The van der Waals surface area contributed by atoms with Gasteiger partial charge in [-0.3, -0.25) is 0 Å². The second kappa shape index (κ2) is 10.1. The molecule has 2 heterocycles. The van der Waals surface area contributed by atoms with Gasteiger partial charge in [-0.05, 0) is 76.2 Å². The molecule has 4 nitrogen and oxygen atoms in total. The van der Waals surface area contributed by atoms with Crippen molar-refractivity contribution < 1.29 is 0 Å². The van der Waals surface area contributed by atoms with Crippen molar-refractivity contribution in [1.29, 1.82) is 0 Å². The first-order chi connectivity index (χ1) is 18.5. The fourth-order valence-electron chi connectivity index (χ4n) is 6.01. The zero-order valence-corrected chi connectivity index (χ0v) is 23.0. The Kier molecular flexibility index (Phi) is 6.49. The standard InChI is InChI=1S/C34H38N4/c1-25-5-13-29(14-6-25)35-21-22-36(30-15-7-26(2)8-16-30)33(35)34-37(31-17-9-27(3)10-18-31)23-24-38(34)32-19-11-28(4)12-20-32/h5-20,33-34H,21-24H2,1-4H3. The van der Waals surface area contributed by atoms with Crippen LogP contribution in [0.5, 0.6) is 0 Å². The van der Waals surface area contributed by atoms with Gasteiger partial charge in [-0.25, -0.2) is 0 Å². The zero-order valence-electron chi connectivity index (χ0n) is 23.0. The van der Waals surface area contributed by atoms with Gasteiger partial charge in [0.1, 0.15) is 12.3 Å². The Labute approximate surface area is 227 Å². The van der Waals surface area contributed by atoms with E-state index in [1.165, 1.54) is 45.0 Å². The molecule has 0 amide bonds. The van der Waals surface area contributed by atoms with Crippen LogP contribution < -0.4 is 19.6 Å². The Morgan fingerprint density at radius 1 is 0.342 bits per heavy atom. The molecule has 2 aliphatic rings. The van der Waals surface area contributed by atoms with Crippen LogP contribution in [-0.2, 0) is 0 Å². The molecule has 0 bridgehead atoms. The highest BCUT2D eigenvalue weighted by molar-refractivity contribution is 5.64. The molecule has 2 saturated heterocycles. The molecule has 0 N–H and O–H groups in total. The molecule has 2 aliphatic heterocycles. The molecule has 0 spiro atoms. The fourth-order valence-corrected chi connectivity index (χ4v) is 6.01. The minimum atomic E-state index is 0.144. The van der Waals surface area contributed by atoms with Crippen LogP contribution in [0, 0.1) is 27.7 Å². The minimum Gasteiger partial charge on any atom is -0.346 e. The monoisotopic (exact) mass is 502 g/mol. The summed E-state index contributed by atoms with van der Waals surface area (Å²) in [5.41, 5.74) is 10.3. The van der Waals surface area contributed by atoms with E-state index in [0.717, 1.165) is 26.2 Å². The average Bonchev–Trinajstić information content (AvgIpc) is 3.55. The molecule has 4 aromatic rings. The van der Waals surface area contributed by atoms with E-state index in [1.54, 1.807) is 0 Å². The lowest BCUT2D eigenvalue weighted by atomic mass is 10.1. The van der Waals surface area contributed by atoms with Crippen LogP contribution in [0.2, 0.25) is 0 Å². The van der Waals surface area contributed by atoms with E-state index in [9.17, 15) is 0 Å². The summed E-state index contributed by atoms with van der Waals surface area (Å²) < 4.78 is 0. The highest BCUT2D eigenvalue weighted by Crippen LogP contribution is 2.38. The third kappa shape index (κ3) is 4.60. The van der Waals surface area contributed by atoms with Gasteiger partial charge in [0.05, 0.1) is 0 Å². The van der Waals surface area contributed by atoms with Gasteiger partial charge in [-0.2, -0.15) is 0 Å². The van der Waals surface area contributed by atoms with Gasteiger partial charge in [-0.1, -0.05) is 70.8 Å². The Morgan fingerprint density at radius 3 is 0.711 bits per heavy atom. The number of aryl methyl sites for hydroxylation is 4. The van der Waals surface area contributed by atoms with Crippen LogP contribution in [0.3, 0.4) is 0 Å². The number of anilines is 4. The maximum absolute atomic E-state index is 2.62. The molecule has 0 atom stereocenters. The number of rotatable bonds is 5. The van der Waals surface area contributed by atoms with E-state index >= 15 is 0 Å². The van der Waals surface area contributed by atoms with Crippen molar-refractivity contribution in [2.75, 3.05) is 45.8 Å². The van der Waals surface area contributed by atoms with Crippen LogP contribution >= 0.6 is 0 Å². The molecule has 38 heavy (non-hydrogen) atoms. The summed E-state index contributed by atoms with van der Waals surface area (Å²) in [6.07, 6.45) is 0.288. The quantitative estimate of drug-likeness (QED) is 0.293. The number of hydrogen-bond donors (Lipinski definition) is 0. The maximum atomic E-state index is 2.62. The summed E-state index contributed by atoms with van der Waals surface area (Å²) in [4.78, 5) is 10.5. The molecule has 6 rings (SSSR count). The molecule has 0 saturated carbocycles. The van der Waals surface area contributed by atoms with E-state index in [0.29, 0.717) is 0 Å². The Morgan fingerprint density at radius 2 is 0.526 bits per heavy atom. The average molecular weight is 503 g/mol. The number of hydrogen-bond acceptors (Lipinski definition) is 4. The second-order valence-electron chi connectivity index (χ2n) is 10.9. The molecule has 0 aromatic heterocycles.